The van der Waals surface area contributed by atoms with Gasteiger partial charge in [-0.2, -0.15) is 0 Å². The standard InChI is InChI=1S/C23H29N5O2S2/c1-14(13-26-23(25-2)28-8-10-30-11-9-28)18-12-17(15-6-7-15)19-20(24)22(31-21(19)27-18)32(29)16-4-3-5-16/h12-13,15-16H,2-11,24H2,1H3/b14-13+,26-23+. The lowest BCUT2D eigenvalue weighted by molar-refractivity contribution is 0.0676. The molecule has 5 rings (SSSR count). The van der Waals surface area contributed by atoms with E-state index < -0.39 is 11.2 Å². The maximum Gasteiger partial charge on any atom is 0.232 e. The lowest BCUT2D eigenvalue weighted by Gasteiger charge is -2.27. The number of pyridine rings is 1. The molecule has 1 unspecified atom stereocenters. The number of hydrogen-bond donors (Lipinski definition) is 1. The van der Waals surface area contributed by atoms with Crippen LogP contribution < -0.4 is 5.73 Å². The Hall–Kier alpha value is -1.94. The molecule has 32 heavy (non-hydrogen) atoms. The van der Waals surface area contributed by atoms with E-state index in [4.69, 9.17) is 15.5 Å². The Morgan fingerprint density at radius 2 is 2.09 bits per heavy atom. The van der Waals surface area contributed by atoms with Gasteiger partial charge in [-0.3, -0.25) is 0 Å². The van der Waals surface area contributed by atoms with Crippen molar-refractivity contribution in [1.82, 2.24) is 9.88 Å². The number of aromatic nitrogens is 1. The second kappa shape index (κ2) is 9.13. The van der Waals surface area contributed by atoms with Gasteiger partial charge in [-0.1, -0.05) is 11.3 Å². The van der Waals surface area contributed by atoms with E-state index in [9.17, 15) is 4.55 Å². The van der Waals surface area contributed by atoms with Crippen LogP contribution in [0.25, 0.3) is 15.8 Å². The van der Waals surface area contributed by atoms with E-state index >= 15 is 0 Å². The van der Waals surface area contributed by atoms with Gasteiger partial charge >= 0.3 is 0 Å². The fourth-order valence-electron chi connectivity index (χ4n) is 4.14. The maximum absolute atomic E-state index is 13.0. The molecule has 0 aromatic carbocycles. The number of morpholine rings is 1. The normalized spacial score (nSPS) is 21.6. The third-order valence-corrected chi connectivity index (χ3v) is 9.76. The molecule has 170 valence electrons. The first-order valence-electron chi connectivity index (χ1n) is 11.2. The Labute approximate surface area is 195 Å². The van der Waals surface area contributed by atoms with Crippen molar-refractivity contribution in [3.05, 3.63) is 23.5 Å². The summed E-state index contributed by atoms with van der Waals surface area (Å²) in [5.41, 5.74) is 10.3. The number of nitrogens with zero attached hydrogens (tertiary/aromatic N) is 4. The summed E-state index contributed by atoms with van der Waals surface area (Å²) in [6.45, 7) is 8.55. The van der Waals surface area contributed by atoms with E-state index in [0.29, 0.717) is 30.8 Å². The molecule has 0 spiro atoms. The van der Waals surface area contributed by atoms with Crippen molar-refractivity contribution < 1.29 is 9.29 Å². The van der Waals surface area contributed by atoms with E-state index in [0.717, 1.165) is 70.9 Å². The SMILES string of the molecule is C=N/C(=N\C=C(/C)c1cc(C2CC2)c2c(N)c([S+]([O-])C3CCC3)sc2n1)N1CCOCC1. The largest absolute Gasteiger partial charge is 0.611 e. The van der Waals surface area contributed by atoms with E-state index in [2.05, 4.69) is 27.7 Å². The van der Waals surface area contributed by atoms with Crippen molar-refractivity contribution in [3.63, 3.8) is 0 Å². The molecule has 0 bridgehead atoms. The molecule has 2 aromatic heterocycles. The van der Waals surface area contributed by atoms with Gasteiger partial charge in [-0.25, -0.2) is 15.0 Å². The smallest absolute Gasteiger partial charge is 0.232 e. The van der Waals surface area contributed by atoms with Crippen molar-refractivity contribution in [2.24, 2.45) is 9.98 Å². The molecule has 7 nitrogen and oxygen atoms in total. The van der Waals surface area contributed by atoms with E-state index in [-0.39, 0.29) is 5.25 Å². The zero-order valence-electron chi connectivity index (χ0n) is 18.4. The molecule has 9 heteroatoms. The quantitative estimate of drug-likeness (QED) is 0.401. The average Bonchev–Trinajstić information content (AvgIpc) is 3.56. The number of allylic oxidation sites excluding steroid dienone is 1. The highest BCUT2D eigenvalue weighted by molar-refractivity contribution is 7.94. The molecule has 2 aliphatic carbocycles. The second-order valence-corrected chi connectivity index (χ2v) is 11.6. The lowest BCUT2D eigenvalue weighted by atomic mass is 10.00. The number of guanidine groups is 1. The van der Waals surface area contributed by atoms with Crippen LogP contribution in [0.2, 0.25) is 0 Å². The summed E-state index contributed by atoms with van der Waals surface area (Å²) < 4.78 is 19.3. The molecule has 0 amide bonds. The number of ether oxygens (including phenoxy) is 1. The van der Waals surface area contributed by atoms with Crippen LogP contribution in [0.5, 0.6) is 0 Å². The van der Waals surface area contributed by atoms with Crippen LogP contribution in [0, 0.1) is 0 Å². The Bertz CT molecular complexity index is 1080. The van der Waals surface area contributed by atoms with Gasteiger partial charge in [0.15, 0.2) is 0 Å². The first-order chi connectivity index (χ1) is 15.6. The minimum absolute atomic E-state index is 0.246. The van der Waals surface area contributed by atoms with Crippen LogP contribution >= 0.6 is 11.3 Å². The third kappa shape index (κ3) is 4.19. The predicted molar refractivity (Wildman–Crippen MR) is 133 cm³/mol. The molecular weight excluding hydrogens is 442 g/mol. The molecular formula is C23H29N5O2S2. The predicted octanol–water partition coefficient (Wildman–Crippen LogP) is 4.17. The van der Waals surface area contributed by atoms with Gasteiger partial charge in [0.05, 0.1) is 18.9 Å². The number of nitrogen functional groups attached to an aromatic ring is 1. The summed E-state index contributed by atoms with van der Waals surface area (Å²) in [6.07, 6.45) is 7.35. The van der Waals surface area contributed by atoms with Gasteiger partial charge in [0.25, 0.3) is 0 Å². The zero-order chi connectivity index (χ0) is 22.2. The van der Waals surface area contributed by atoms with Crippen molar-refractivity contribution >= 4 is 56.7 Å². The van der Waals surface area contributed by atoms with Crippen LogP contribution in [0.4, 0.5) is 5.69 Å². The second-order valence-electron chi connectivity index (χ2n) is 8.70. The van der Waals surface area contributed by atoms with E-state index in [1.54, 1.807) is 0 Å². The first-order valence-corrected chi connectivity index (χ1v) is 13.3. The zero-order valence-corrected chi connectivity index (χ0v) is 20.0. The van der Waals surface area contributed by atoms with Gasteiger partial charge in [-0.05, 0) is 68.9 Å². The van der Waals surface area contributed by atoms with Gasteiger partial charge < -0.3 is 19.9 Å². The molecule has 2 N–H and O–H groups in total. The fraction of sp³-hybridized carbons (Fsp3) is 0.522. The van der Waals surface area contributed by atoms with Crippen molar-refractivity contribution in [1.29, 1.82) is 0 Å². The Morgan fingerprint density at radius 1 is 1.34 bits per heavy atom. The number of aliphatic imine (C=N–C) groups is 2. The summed E-state index contributed by atoms with van der Waals surface area (Å²) in [5, 5.41) is 1.26. The van der Waals surface area contributed by atoms with Crippen LogP contribution in [0.15, 0.2) is 26.5 Å². The minimum atomic E-state index is -1.04. The number of anilines is 1. The fourth-order valence-corrected chi connectivity index (χ4v) is 7.36. The maximum atomic E-state index is 13.0. The minimum Gasteiger partial charge on any atom is -0.611 e. The Morgan fingerprint density at radius 3 is 2.72 bits per heavy atom. The van der Waals surface area contributed by atoms with Crippen LogP contribution in [-0.4, -0.2) is 58.7 Å². The summed E-state index contributed by atoms with van der Waals surface area (Å²) in [4.78, 5) is 16.6. The van der Waals surface area contributed by atoms with Crippen LogP contribution in [0.3, 0.4) is 0 Å². The summed E-state index contributed by atoms with van der Waals surface area (Å²) in [5.74, 6) is 1.12. The molecule has 3 fully saturated rings. The molecule has 0 radical (unpaired) electrons. The molecule has 1 atom stereocenters. The highest BCUT2D eigenvalue weighted by atomic mass is 32.2. The number of nitrogens with two attached hydrogens (primary N) is 1. The van der Waals surface area contributed by atoms with E-state index in [1.807, 2.05) is 13.1 Å². The first kappa shape index (κ1) is 21.9. The Balaban J connectivity index is 1.50. The third-order valence-electron chi connectivity index (χ3n) is 6.46. The van der Waals surface area contributed by atoms with Crippen LogP contribution in [0.1, 0.15) is 56.2 Å². The number of rotatable bonds is 5. The van der Waals surface area contributed by atoms with Gasteiger partial charge in [0, 0.05) is 35.9 Å². The lowest BCUT2D eigenvalue weighted by Crippen LogP contribution is -2.39. The molecule has 3 aliphatic rings. The van der Waals surface area contributed by atoms with Crippen molar-refractivity contribution in [3.8, 4) is 0 Å². The van der Waals surface area contributed by atoms with Crippen LogP contribution in [-0.2, 0) is 15.9 Å². The van der Waals surface area contributed by atoms with Gasteiger partial charge in [0.2, 0.25) is 10.2 Å². The summed E-state index contributed by atoms with van der Waals surface area (Å²) >= 11 is 0.466. The van der Waals surface area contributed by atoms with Gasteiger partial charge in [0.1, 0.15) is 15.8 Å². The van der Waals surface area contributed by atoms with Gasteiger partial charge in [-0.15, -0.1) is 0 Å². The molecule has 1 saturated heterocycles. The topological polar surface area (TPSA) is 99.2 Å². The number of thiophene rings is 1. The number of hydrogen-bond acceptors (Lipinski definition) is 6. The number of fused-ring (bicyclic) bond motifs is 1. The van der Waals surface area contributed by atoms with E-state index in [1.165, 1.54) is 16.9 Å². The van der Waals surface area contributed by atoms with Crippen molar-refractivity contribution in [2.45, 2.75) is 54.4 Å². The Kier molecular flexibility index (Phi) is 6.24. The molecule has 3 heterocycles. The molecule has 2 aromatic rings. The average molecular weight is 472 g/mol. The summed E-state index contributed by atoms with van der Waals surface area (Å²) in [6, 6.07) is 2.15. The summed E-state index contributed by atoms with van der Waals surface area (Å²) in [7, 11) is 0. The monoisotopic (exact) mass is 471 g/mol. The highest BCUT2D eigenvalue weighted by Gasteiger charge is 2.36. The molecule has 2 saturated carbocycles. The highest BCUT2D eigenvalue weighted by Crippen LogP contribution is 2.49. The van der Waals surface area contributed by atoms with Crippen molar-refractivity contribution in [2.75, 3.05) is 32.0 Å². The molecule has 1 aliphatic heterocycles.